The van der Waals surface area contributed by atoms with Gasteiger partial charge in [0, 0.05) is 0 Å². The van der Waals surface area contributed by atoms with E-state index >= 15 is 0 Å². The van der Waals surface area contributed by atoms with Crippen LogP contribution in [-0.4, -0.2) is 17.2 Å². The molecule has 0 saturated carbocycles. The first-order valence-electron chi connectivity index (χ1n) is 4.29. The first kappa shape index (κ1) is 10.9. The van der Waals surface area contributed by atoms with Crippen LogP contribution in [-0.2, 0) is 4.79 Å². The lowest BCUT2D eigenvalue weighted by Crippen LogP contribution is -2.25. The van der Waals surface area contributed by atoms with Gasteiger partial charge in [-0.1, -0.05) is 30.7 Å². The molecule has 0 unspecified atom stereocenters. The van der Waals surface area contributed by atoms with E-state index in [2.05, 4.69) is 0 Å². The number of halogens is 1. The van der Waals surface area contributed by atoms with Gasteiger partial charge in [0.05, 0.1) is 5.02 Å². The summed E-state index contributed by atoms with van der Waals surface area (Å²) >= 11 is 5.81. The normalized spacial score (nSPS) is 12.1. The highest BCUT2D eigenvalue weighted by molar-refractivity contribution is 6.32. The Kier molecular flexibility index (Phi) is 3.77. The monoisotopic (exact) mass is 214 g/mol. The van der Waals surface area contributed by atoms with Gasteiger partial charge in [0.15, 0.2) is 6.10 Å². The number of rotatable bonds is 4. The first-order chi connectivity index (χ1) is 6.65. The summed E-state index contributed by atoms with van der Waals surface area (Å²) in [5.41, 5.74) is 0. The van der Waals surface area contributed by atoms with Crippen molar-refractivity contribution in [2.45, 2.75) is 19.4 Å². The van der Waals surface area contributed by atoms with Crippen molar-refractivity contribution in [2.24, 2.45) is 0 Å². The van der Waals surface area contributed by atoms with Crippen molar-refractivity contribution < 1.29 is 14.6 Å². The summed E-state index contributed by atoms with van der Waals surface area (Å²) in [6.07, 6.45) is -0.435. The number of carbonyl (C=O) groups is 1. The Morgan fingerprint density at radius 1 is 1.57 bits per heavy atom. The van der Waals surface area contributed by atoms with Gasteiger partial charge in [0.1, 0.15) is 5.75 Å². The zero-order chi connectivity index (χ0) is 10.6. The fourth-order valence-electron chi connectivity index (χ4n) is 1.00. The molecule has 1 aromatic carbocycles. The van der Waals surface area contributed by atoms with Crippen LogP contribution < -0.4 is 4.74 Å². The van der Waals surface area contributed by atoms with Crippen LogP contribution in [0.3, 0.4) is 0 Å². The third kappa shape index (κ3) is 2.64. The number of ether oxygens (including phenoxy) is 1. The molecule has 0 saturated heterocycles. The number of aliphatic carboxylic acids is 1. The van der Waals surface area contributed by atoms with Crippen molar-refractivity contribution in [3.8, 4) is 5.75 Å². The van der Waals surface area contributed by atoms with Crippen molar-refractivity contribution >= 4 is 17.6 Å². The Balaban J connectivity index is 2.77. The highest BCUT2D eigenvalue weighted by Gasteiger charge is 2.17. The fourth-order valence-corrected chi connectivity index (χ4v) is 1.18. The molecule has 1 atom stereocenters. The molecule has 1 rings (SSSR count). The molecule has 14 heavy (non-hydrogen) atoms. The Hall–Kier alpha value is -1.22. The van der Waals surface area contributed by atoms with E-state index in [-0.39, 0.29) is 0 Å². The number of carboxylic acids is 1. The Bertz CT molecular complexity index is 325. The Morgan fingerprint density at radius 2 is 2.21 bits per heavy atom. The van der Waals surface area contributed by atoms with E-state index in [0.29, 0.717) is 17.2 Å². The summed E-state index contributed by atoms with van der Waals surface area (Å²) in [5, 5.41) is 9.18. The molecule has 0 aliphatic carbocycles. The zero-order valence-electron chi connectivity index (χ0n) is 7.74. The number of benzene rings is 1. The van der Waals surface area contributed by atoms with Gasteiger partial charge >= 0.3 is 5.97 Å². The quantitative estimate of drug-likeness (QED) is 0.838. The largest absolute Gasteiger partial charge is 0.479 e. The van der Waals surface area contributed by atoms with Crippen molar-refractivity contribution in [1.29, 1.82) is 0 Å². The molecule has 0 aliphatic rings. The Morgan fingerprint density at radius 3 is 2.71 bits per heavy atom. The van der Waals surface area contributed by atoms with Gasteiger partial charge in [0.25, 0.3) is 0 Å². The van der Waals surface area contributed by atoms with Crippen molar-refractivity contribution in [1.82, 2.24) is 0 Å². The van der Waals surface area contributed by atoms with Crippen LogP contribution in [0.5, 0.6) is 5.75 Å². The van der Waals surface area contributed by atoms with E-state index in [0.717, 1.165) is 0 Å². The molecule has 0 aromatic heterocycles. The van der Waals surface area contributed by atoms with Crippen LogP contribution in [0.4, 0.5) is 0 Å². The number of hydrogen-bond donors (Lipinski definition) is 1. The van der Waals surface area contributed by atoms with Gasteiger partial charge in [-0.15, -0.1) is 0 Å². The third-order valence-electron chi connectivity index (χ3n) is 1.75. The maximum atomic E-state index is 10.7. The summed E-state index contributed by atoms with van der Waals surface area (Å²) in [4.78, 5) is 10.7. The molecule has 0 heterocycles. The lowest BCUT2D eigenvalue weighted by atomic mass is 10.2. The lowest BCUT2D eigenvalue weighted by Gasteiger charge is -2.13. The SMILES string of the molecule is CC[C@H](Oc1ccccc1Cl)C(=O)O. The lowest BCUT2D eigenvalue weighted by molar-refractivity contribution is -0.145. The molecule has 0 bridgehead atoms. The van der Waals surface area contributed by atoms with Gasteiger partial charge < -0.3 is 9.84 Å². The molecule has 0 aliphatic heterocycles. The molecule has 0 radical (unpaired) electrons. The minimum Gasteiger partial charge on any atom is -0.479 e. The van der Waals surface area contributed by atoms with Gasteiger partial charge in [-0.05, 0) is 18.6 Å². The summed E-state index contributed by atoms with van der Waals surface area (Å²) < 4.78 is 5.22. The molecule has 1 N–H and O–H groups in total. The van der Waals surface area contributed by atoms with E-state index in [1.54, 1.807) is 31.2 Å². The number of carboxylic acid groups (broad SMARTS) is 1. The second-order valence-corrected chi connectivity index (χ2v) is 3.19. The summed E-state index contributed by atoms with van der Waals surface area (Å²) in [6, 6.07) is 6.81. The average molecular weight is 215 g/mol. The molecule has 4 heteroatoms. The number of hydrogen-bond acceptors (Lipinski definition) is 2. The minimum absolute atomic E-state index is 0.403. The highest BCUT2D eigenvalue weighted by Crippen LogP contribution is 2.24. The van der Waals surface area contributed by atoms with Crippen molar-refractivity contribution in [3.63, 3.8) is 0 Å². The maximum Gasteiger partial charge on any atom is 0.344 e. The van der Waals surface area contributed by atoms with Crippen LogP contribution in [0, 0.1) is 0 Å². The van der Waals surface area contributed by atoms with Crippen LogP contribution >= 0.6 is 11.6 Å². The molecule has 0 spiro atoms. The summed E-state index contributed by atoms with van der Waals surface area (Å²) in [5.74, 6) is -0.573. The molecular formula is C10H11ClO3. The van der Waals surface area contributed by atoms with Crippen LogP contribution in [0.15, 0.2) is 24.3 Å². The van der Waals surface area contributed by atoms with E-state index in [9.17, 15) is 4.79 Å². The third-order valence-corrected chi connectivity index (χ3v) is 2.06. The van der Waals surface area contributed by atoms with E-state index in [4.69, 9.17) is 21.4 Å². The minimum atomic E-state index is -0.979. The van der Waals surface area contributed by atoms with Crippen LogP contribution in [0.1, 0.15) is 13.3 Å². The standard InChI is InChI=1S/C10H11ClO3/c1-2-8(10(12)13)14-9-6-4-3-5-7(9)11/h3-6,8H,2H2,1H3,(H,12,13)/t8-/m0/s1. The van der Waals surface area contributed by atoms with Gasteiger partial charge in [-0.25, -0.2) is 4.79 Å². The van der Waals surface area contributed by atoms with Gasteiger partial charge in [-0.2, -0.15) is 0 Å². The summed E-state index contributed by atoms with van der Waals surface area (Å²) in [7, 11) is 0. The zero-order valence-corrected chi connectivity index (χ0v) is 8.49. The van der Waals surface area contributed by atoms with Crippen LogP contribution in [0.25, 0.3) is 0 Å². The topological polar surface area (TPSA) is 46.5 Å². The van der Waals surface area contributed by atoms with E-state index < -0.39 is 12.1 Å². The van der Waals surface area contributed by atoms with Gasteiger partial charge in [-0.3, -0.25) is 0 Å². The Labute approximate surface area is 87.3 Å². The fraction of sp³-hybridized carbons (Fsp3) is 0.300. The molecule has 0 fully saturated rings. The predicted molar refractivity (Wildman–Crippen MR) is 53.8 cm³/mol. The summed E-state index contributed by atoms with van der Waals surface area (Å²) in [6.45, 7) is 1.75. The second kappa shape index (κ2) is 4.86. The predicted octanol–water partition coefficient (Wildman–Crippen LogP) is 2.58. The van der Waals surface area contributed by atoms with Crippen molar-refractivity contribution in [2.75, 3.05) is 0 Å². The highest BCUT2D eigenvalue weighted by atomic mass is 35.5. The molecule has 0 amide bonds. The van der Waals surface area contributed by atoms with Crippen molar-refractivity contribution in [3.05, 3.63) is 29.3 Å². The smallest absolute Gasteiger partial charge is 0.344 e. The second-order valence-electron chi connectivity index (χ2n) is 2.78. The van der Waals surface area contributed by atoms with Gasteiger partial charge in [0.2, 0.25) is 0 Å². The van der Waals surface area contributed by atoms with E-state index in [1.165, 1.54) is 0 Å². The molecule has 1 aromatic rings. The first-order valence-corrected chi connectivity index (χ1v) is 4.67. The molecule has 3 nitrogen and oxygen atoms in total. The average Bonchev–Trinajstić information content (AvgIpc) is 2.16. The molecule has 76 valence electrons. The number of para-hydroxylation sites is 1. The maximum absolute atomic E-state index is 10.7. The van der Waals surface area contributed by atoms with E-state index in [1.807, 2.05) is 0 Å². The van der Waals surface area contributed by atoms with Crippen LogP contribution in [0.2, 0.25) is 5.02 Å². The molecular weight excluding hydrogens is 204 g/mol.